The third-order valence-corrected chi connectivity index (χ3v) is 3.41. The molecule has 1 saturated heterocycles. The molecule has 1 aromatic carbocycles. The van der Waals surface area contributed by atoms with Gasteiger partial charge in [-0.1, -0.05) is 30.3 Å². The van der Waals surface area contributed by atoms with E-state index in [0.717, 1.165) is 11.1 Å². The molecule has 86 valence electrons. The summed E-state index contributed by atoms with van der Waals surface area (Å²) in [6.45, 7) is 1.88. The molecule has 1 N–H and O–H groups in total. The van der Waals surface area contributed by atoms with Gasteiger partial charge in [-0.15, -0.1) is 4.99 Å². The van der Waals surface area contributed by atoms with Crippen LogP contribution in [0.25, 0.3) is 5.57 Å². The van der Waals surface area contributed by atoms with Crippen LogP contribution >= 0.6 is 11.8 Å². The molecular weight excluding hydrogens is 273 g/mol. The molecule has 0 radical (unpaired) electrons. The third kappa shape index (κ3) is 3.54. The van der Waals surface area contributed by atoms with Crippen molar-refractivity contribution in [2.24, 2.45) is 4.99 Å². The fourth-order valence-electron chi connectivity index (χ4n) is 1.48. The van der Waals surface area contributed by atoms with E-state index in [1.54, 1.807) is 6.19 Å². The molecule has 0 unspecified atom stereocenters. The number of nitrogens with zero attached hydrogens (tertiary/aromatic N) is 2. The van der Waals surface area contributed by atoms with Crippen molar-refractivity contribution >= 4 is 79.8 Å². The van der Waals surface area contributed by atoms with Crippen molar-refractivity contribution in [1.29, 1.82) is 5.26 Å². The summed E-state index contributed by atoms with van der Waals surface area (Å²) in [5, 5.41) is 11.3. The normalized spacial score (nSPS) is 18.9. The van der Waals surface area contributed by atoms with Gasteiger partial charge in [0.25, 0.3) is 5.91 Å². The van der Waals surface area contributed by atoms with Gasteiger partial charge >= 0.3 is 51.4 Å². The molecule has 1 aliphatic rings. The molecule has 0 bridgehead atoms. The summed E-state index contributed by atoms with van der Waals surface area (Å²) in [6.07, 6.45) is 1.66. The Balaban J connectivity index is 0.00000162. The first-order valence-corrected chi connectivity index (χ1v) is 5.76. The molecule has 6 heteroatoms. The standard InChI is InChI=1S/C12H9N3OS.K.H/c1-8(9-5-3-2-4-6-9)10-11(16)15-12(17-10)14-7-13;;/h2-6H,1H3,(H,14,15,16);;. The Morgan fingerprint density at radius 3 is 2.67 bits per heavy atom. The quantitative estimate of drug-likeness (QED) is 0.482. The van der Waals surface area contributed by atoms with Crippen LogP contribution in [0.4, 0.5) is 0 Å². The van der Waals surface area contributed by atoms with Crippen molar-refractivity contribution < 1.29 is 4.79 Å². The zero-order valence-corrected chi connectivity index (χ0v) is 9.91. The summed E-state index contributed by atoms with van der Waals surface area (Å²) >= 11 is 1.19. The van der Waals surface area contributed by atoms with Crippen LogP contribution in [0.2, 0.25) is 0 Å². The van der Waals surface area contributed by atoms with E-state index in [1.807, 2.05) is 37.3 Å². The van der Waals surface area contributed by atoms with E-state index in [4.69, 9.17) is 5.26 Å². The Morgan fingerprint density at radius 2 is 2.06 bits per heavy atom. The molecule has 4 nitrogen and oxygen atoms in total. The van der Waals surface area contributed by atoms with Crippen LogP contribution in [0, 0.1) is 11.5 Å². The molecule has 0 aromatic heterocycles. The van der Waals surface area contributed by atoms with Crippen molar-refractivity contribution in [3.05, 3.63) is 40.8 Å². The second-order valence-corrected chi connectivity index (χ2v) is 4.39. The second kappa shape index (κ2) is 7.24. The van der Waals surface area contributed by atoms with Crippen molar-refractivity contribution in [2.75, 3.05) is 0 Å². The third-order valence-electron chi connectivity index (χ3n) is 2.32. The maximum atomic E-state index is 11.7. The number of nitriles is 1. The van der Waals surface area contributed by atoms with Crippen molar-refractivity contribution in [3.8, 4) is 6.19 Å². The number of carbonyl (C=O) groups is 1. The number of amidine groups is 1. The summed E-state index contributed by atoms with van der Waals surface area (Å²) in [5.41, 5.74) is 1.87. The van der Waals surface area contributed by atoms with E-state index < -0.39 is 0 Å². The Labute approximate surface area is 152 Å². The maximum absolute atomic E-state index is 11.7. The zero-order chi connectivity index (χ0) is 12.3. The molecule has 1 heterocycles. The Kier molecular flexibility index (Phi) is 6.28. The number of nitrogens with one attached hydrogen (secondary N) is 1. The summed E-state index contributed by atoms with van der Waals surface area (Å²) in [5.74, 6) is -0.203. The van der Waals surface area contributed by atoms with Gasteiger partial charge in [0.05, 0.1) is 4.91 Å². The molecule has 1 aromatic rings. The monoisotopic (exact) mass is 283 g/mol. The minimum atomic E-state index is -0.203. The number of allylic oxidation sites excluding steroid dienone is 1. The topological polar surface area (TPSA) is 65.2 Å². The zero-order valence-electron chi connectivity index (χ0n) is 9.10. The van der Waals surface area contributed by atoms with Gasteiger partial charge in [-0.25, -0.2) is 0 Å². The van der Waals surface area contributed by atoms with Gasteiger partial charge in [0.2, 0.25) is 6.19 Å². The number of amides is 1. The first-order chi connectivity index (χ1) is 8.22. The van der Waals surface area contributed by atoms with Gasteiger partial charge < -0.3 is 0 Å². The van der Waals surface area contributed by atoms with Crippen molar-refractivity contribution in [3.63, 3.8) is 0 Å². The van der Waals surface area contributed by atoms with Crippen molar-refractivity contribution in [1.82, 2.24) is 5.32 Å². The number of rotatable bonds is 1. The van der Waals surface area contributed by atoms with E-state index in [2.05, 4.69) is 10.3 Å². The van der Waals surface area contributed by atoms with Gasteiger partial charge in [-0.3, -0.25) is 10.1 Å². The average Bonchev–Trinajstić information content (AvgIpc) is 2.71. The molecule has 0 aliphatic carbocycles. The van der Waals surface area contributed by atoms with Gasteiger partial charge in [0.1, 0.15) is 0 Å². The van der Waals surface area contributed by atoms with Crippen LogP contribution in [0.1, 0.15) is 12.5 Å². The molecule has 1 aliphatic heterocycles. The molecule has 0 atom stereocenters. The van der Waals surface area contributed by atoms with E-state index in [0.29, 0.717) is 10.1 Å². The van der Waals surface area contributed by atoms with Gasteiger partial charge in [0, 0.05) is 0 Å². The number of hydrogen-bond acceptors (Lipinski definition) is 4. The fraction of sp³-hybridized carbons (Fsp3) is 0.0833. The van der Waals surface area contributed by atoms with Gasteiger partial charge in [-0.2, -0.15) is 5.26 Å². The molecule has 2 rings (SSSR count). The molecule has 1 fully saturated rings. The van der Waals surface area contributed by atoms with Crippen LogP contribution in [0.5, 0.6) is 0 Å². The van der Waals surface area contributed by atoms with Gasteiger partial charge in [0.15, 0.2) is 5.17 Å². The van der Waals surface area contributed by atoms with E-state index >= 15 is 0 Å². The van der Waals surface area contributed by atoms with Crippen LogP contribution in [0.15, 0.2) is 40.2 Å². The summed E-state index contributed by atoms with van der Waals surface area (Å²) in [7, 11) is 0. The Morgan fingerprint density at radius 1 is 1.39 bits per heavy atom. The number of benzene rings is 1. The van der Waals surface area contributed by atoms with Crippen LogP contribution in [-0.2, 0) is 4.79 Å². The molecule has 0 spiro atoms. The SMILES string of the molecule is CC(=C1SC(=NC#N)NC1=O)c1ccccc1.[KH]. The molecule has 0 saturated carbocycles. The average molecular weight is 283 g/mol. The number of thioether (sulfide) groups is 1. The fourth-order valence-corrected chi connectivity index (χ4v) is 2.32. The Bertz CT molecular complexity index is 560. The summed E-state index contributed by atoms with van der Waals surface area (Å²) in [4.78, 5) is 15.8. The van der Waals surface area contributed by atoms with E-state index in [1.165, 1.54) is 11.8 Å². The molecular formula is C12H10KN3OS. The minimum absolute atomic E-state index is 0. The van der Waals surface area contributed by atoms with Crippen LogP contribution in [0.3, 0.4) is 0 Å². The van der Waals surface area contributed by atoms with Crippen LogP contribution < -0.4 is 5.32 Å². The summed E-state index contributed by atoms with van der Waals surface area (Å²) in [6, 6.07) is 9.64. The van der Waals surface area contributed by atoms with Crippen molar-refractivity contribution in [2.45, 2.75) is 6.92 Å². The predicted octanol–water partition coefficient (Wildman–Crippen LogP) is 1.47. The Hall–Kier alpha value is -0.424. The predicted molar refractivity (Wildman–Crippen MR) is 75.0 cm³/mol. The number of hydrogen-bond donors (Lipinski definition) is 1. The van der Waals surface area contributed by atoms with Gasteiger partial charge in [-0.05, 0) is 29.8 Å². The van der Waals surface area contributed by atoms with Crippen LogP contribution in [-0.4, -0.2) is 62.5 Å². The van der Waals surface area contributed by atoms with E-state index in [9.17, 15) is 4.79 Å². The second-order valence-electron chi connectivity index (χ2n) is 3.39. The molecule has 1 amide bonds. The first-order valence-electron chi connectivity index (χ1n) is 4.94. The number of aliphatic imine (C=N–C) groups is 1. The van der Waals surface area contributed by atoms with E-state index in [-0.39, 0.29) is 57.3 Å². The number of carbonyl (C=O) groups excluding carboxylic acids is 1. The first kappa shape index (κ1) is 15.6. The summed E-state index contributed by atoms with van der Waals surface area (Å²) < 4.78 is 0. The molecule has 18 heavy (non-hydrogen) atoms.